The van der Waals surface area contributed by atoms with Crippen LogP contribution in [0.1, 0.15) is 39.4 Å². The molecule has 20 heavy (non-hydrogen) atoms. The van der Waals surface area contributed by atoms with Crippen molar-refractivity contribution < 1.29 is 0 Å². The summed E-state index contributed by atoms with van der Waals surface area (Å²) in [4.78, 5) is 0. The van der Waals surface area contributed by atoms with Crippen LogP contribution >= 0.6 is 15.9 Å². The van der Waals surface area contributed by atoms with E-state index in [0.717, 1.165) is 0 Å². The van der Waals surface area contributed by atoms with Gasteiger partial charge in [0, 0.05) is 4.47 Å². The average Bonchev–Trinajstić information content (AvgIpc) is 2.41. The highest BCUT2D eigenvalue weighted by atomic mass is 79.9. The molecular formula is C18H22BrN. The predicted molar refractivity (Wildman–Crippen MR) is 90.4 cm³/mol. The number of hydrogen-bond donors (Lipinski definition) is 1. The normalized spacial score (nSPS) is 12.5. The highest BCUT2D eigenvalue weighted by molar-refractivity contribution is 9.10. The molecule has 0 aliphatic carbocycles. The molecule has 2 aromatic carbocycles. The summed E-state index contributed by atoms with van der Waals surface area (Å²) in [7, 11) is 2.02. The van der Waals surface area contributed by atoms with E-state index in [-0.39, 0.29) is 6.04 Å². The monoisotopic (exact) mass is 331 g/mol. The Morgan fingerprint density at radius 3 is 2.15 bits per heavy atom. The third-order valence-corrected chi connectivity index (χ3v) is 5.10. The molecular weight excluding hydrogens is 310 g/mol. The Balaban J connectivity index is 2.58. The lowest BCUT2D eigenvalue weighted by Gasteiger charge is -2.22. The van der Waals surface area contributed by atoms with Crippen molar-refractivity contribution in [2.24, 2.45) is 0 Å². The molecule has 106 valence electrons. The van der Waals surface area contributed by atoms with Gasteiger partial charge in [-0.25, -0.2) is 0 Å². The van der Waals surface area contributed by atoms with Gasteiger partial charge in [0.1, 0.15) is 0 Å². The van der Waals surface area contributed by atoms with Crippen molar-refractivity contribution in [1.29, 1.82) is 0 Å². The Bertz CT molecular complexity index is 632. The van der Waals surface area contributed by atoms with Crippen LogP contribution in [0.4, 0.5) is 0 Å². The van der Waals surface area contributed by atoms with Gasteiger partial charge < -0.3 is 5.32 Å². The molecule has 0 aromatic heterocycles. The molecule has 2 heteroatoms. The van der Waals surface area contributed by atoms with Crippen LogP contribution in [0.25, 0.3) is 0 Å². The molecule has 0 bridgehead atoms. The third kappa shape index (κ3) is 2.82. The van der Waals surface area contributed by atoms with Crippen molar-refractivity contribution in [2.75, 3.05) is 7.05 Å². The minimum atomic E-state index is 0.212. The Morgan fingerprint density at radius 2 is 1.50 bits per heavy atom. The zero-order valence-corrected chi connectivity index (χ0v) is 14.4. The molecule has 0 aliphatic heterocycles. The van der Waals surface area contributed by atoms with E-state index in [2.05, 4.69) is 79.3 Å². The van der Waals surface area contributed by atoms with Crippen molar-refractivity contribution in [3.8, 4) is 0 Å². The molecule has 1 unspecified atom stereocenters. The number of halogens is 1. The van der Waals surface area contributed by atoms with E-state index in [1.54, 1.807) is 0 Å². The molecule has 1 atom stereocenters. The van der Waals surface area contributed by atoms with E-state index in [1.165, 1.54) is 37.9 Å². The Labute approximate surface area is 130 Å². The topological polar surface area (TPSA) is 12.0 Å². The minimum Gasteiger partial charge on any atom is -0.309 e. The molecule has 0 spiro atoms. The summed E-state index contributed by atoms with van der Waals surface area (Å²) in [6, 6.07) is 11.2. The second-order valence-corrected chi connectivity index (χ2v) is 6.29. The van der Waals surface area contributed by atoms with Crippen LogP contribution in [0, 0.1) is 27.7 Å². The van der Waals surface area contributed by atoms with Gasteiger partial charge in [-0.15, -0.1) is 0 Å². The van der Waals surface area contributed by atoms with E-state index in [1.807, 2.05) is 7.05 Å². The number of aryl methyl sites for hydroxylation is 4. The van der Waals surface area contributed by atoms with E-state index in [9.17, 15) is 0 Å². The molecule has 0 saturated carbocycles. The smallest absolute Gasteiger partial charge is 0.0588 e. The lowest BCUT2D eigenvalue weighted by Crippen LogP contribution is -2.19. The number of nitrogens with one attached hydrogen (secondary N) is 1. The molecule has 0 heterocycles. The highest BCUT2D eigenvalue weighted by Crippen LogP contribution is 2.33. The summed E-state index contributed by atoms with van der Waals surface area (Å²) in [6.45, 7) is 8.67. The first-order valence-electron chi connectivity index (χ1n) is 6.95. The molecule has 0 saturated heterocycles. The van der Waals surface area contributed by atoms with Gasteiger partial charge in [-0.05, 0) is 68.1 Å². The average molecular weight is 332 g/mol. The Kier molecular flexibility index (Phi) is 4.66. The first-order valence-corrected chi connectivity index (χ1v) is 7.75. The summed E-state index contributed by atoms with van der Waals surface area (Å²) in [5, 5.41) is 3.46. The molecule has 0 radical (unpaired) electrons. The fourth-order valence-electron chi connectivity index (χ4n) is 2.67. The van der Waals surface area contributed by atoms with Crippen molar-refractivity contribution in [1.82, 2.24) is 5.32 Å². The summed E-state index contributed by atoms with van der Waals surface area (Å²) >= 11 is 3.74. The number of hydrogen-bond acceptors (Lipinski definition) is 1. The fourth-order valence-corrected chi connectivity index (χ4v) is 3.16. The third-order valence-electron chi connectivity index (χ3n) is 4.01. The Hall–Kier alpha value is -1.12. The number of rotatable bonds is 3. The molecule has 0 fully saturated rings. The van der Waals surface area contributed by atoms with Gasteiger partial charge in [-0.3, -0.25) is 0 Å². The first-order chi connectivity index (χ1) is 9.45. The quantitative estimate of drug-likeness (QED) is 0.835. The zero-order valence-electron chi connectivity index (χ0n) is 12.8. The van der Waals surface area contributed by atoms with Gasteiger partial charge >= 0.3 is 0 Å². The SMILES string of the molecule is CNC(c1cc(C)c(C)cc1C)c1cccc(C)c1Br. The maximum atomic E-state index is 3.74. The number of benzene rings is 2. The summed E-state index contributed by atoms with van der Waals surface area (Å²) in [6.07, 6.45) is 0. The van der Waals surface area contributed by atoms with Crippen LogP contribution in [-0.2, 0) is 0 Å². The van der Waals surface area contributed by atoms with Gasteiger partial charge in [-0.1, -0.05) is 46.3 Å². The molecule has 0 aliphatic rings. The van der Waals surface area contributed by atoms with Gasteiger partial charge in [0.2, 0.25) is 0 Å². The summed E-state index contributed by atoms with van der Waals surface area (Å²) in [5.41, 5.74) is 7.94. The molecule has 2 rings (SSSR count). The Morgan fingerprint density at radius 1 is 0.850 bits per heavy atom. The molecule has 2 aromatic rings. The lowest BCUT2D eigenvalue weighted by molar-refractivity contribution is 0.683. The largest absolute Gasteiger partial charge is 0.309 e. The van der Waals surface area contributed by atoms with E-state index < -0.39 is 0 Å². The van der Waals surface area contributed by atoms with Crippen molar-refractivity contribution in [2.45, 2.75) is 33.7 Å². The van der Waals surface area contributed by atoms with Crippen LogP contribution in [0.3, 0.4) is 0 Å². The van der Waals surface area contributed by atoms with Crippen LogP contribution in [0.2, 0.25) is 0 Å². The maximum absolute atomic E-state index is 3.74. The molecule has 1 nitrogen and oxygen atoms in total. The van der Waals surface area contributed by atoms with E-state index in [4.69, 9.17) is 0 Å². The predicted octanol–water partition coefficient (Wildman–Crippen LogP) is 4.99. The highest BCUT2D eigenvalue weighted by Gasteiger charge is 2.18. The second-order valence-electron chi connectivity index (χ2n) is 5.49. The lowest BCUT2D eigenvalue weighted by atomic mass is 9.91. The van der Waals surface area contributed by atoms with Gasteiger partial charge in [0.15, 0.2) is 0 Å². The van der Waals surface area contributed by atoms with Crippen molar-refractivity contribution in [3.05, 3.63) is 68.2 Å². The van der Waals surface area contributed by atoms with Crippen LogP contribution in [0.15, 0.2) is 34.8 Å². The van der Waals surface area contributed by atoms with Crippen LogP contribution in [-0.4, -0.2) is 7.05 Å². The van der Waals surface area contributed by atoms with Crippen LogP contribution in [0.5, 0.6) is 0 Å². The standard InChI is InChI=1S/C18H22BrN/c1-11-7-6-8-15(17(11)19)18(20-5)16-10-13(3)12(2)9-14(16)4/h6-10,18,20H,1-5H3. The van der Waals surface area contributed by atoms with Crippen molar-refractivity contribution >= 4 is 15.9 Å². The van der Waals surface area contributed by atoms with E-state index in [0.29, 0.717) is 0 Å². The first kappa shape index (κ1) is 15.3. The van der Waals surface area contributed by atoms with Gasteiger partial charge in [0.25, 0.3) is 0 Å². The summed E-state index contributed by atoms with van der Waals surface area (Å²) in [5.74, 6) is 0. The van der Waals surface area contributed by atoms with Gasteiger partial charge in [0.05, 0.1) is 6.04 Å². The van der Waals surface area contributed by atoms with Crippen molar-refractivity contribution in [3.63, 3.8) is 0 Å². The second kappa shape index (κ2) is 6.11. The molecule has 1 N–H and O–H groups in total. The van der Waals surface area contributed by atoms with Gasteiger partial charge in [-0.2, -0.15) is 0 Å². The zero-order chi connectivity index (χ0) is 14.9. The maximum Gasteiger partial charge on any atom is 0.0588 e. The van der Waals surface area contributed by atoms with Crippen LogP contribution < -0.4 is 5.32 Å². The van der Waals surface area contributed by atoms with E-state index >= 15 is 0 Å². The summed E-state index contributed by atoms with van der Waals surface area (Å²) < 4.78 is 1.19. The fraction of sp³-hybridized carbons (Fsp3) is 0.333. The minimum absolute atomic E-state index is 0.212. The molecule has 0 amide bonds.